The zero-order valence-electron chi connectivity index (χ0n) is 10.3. The van der Waals surface area contributed by atoms with Gasteiger partial charge in [-0.1, -0.05) is 6.92 Å². The summed E-state index contributed by atoms with van der Waals surface area (Å²) in [4.78, 5) is 8.32. The van der Waals surface area contributed by atoms with E-state index in [1.165, 1.54) is 6.33 Å². The van der Waals surface area contributed by atoms with Crippen molar-refractivity contribution in [3.05, 3.63) is 12.5 Å². The predicted octanol–water partition coefficient (Wildman–Crippen LogP) is 0.936. The lowest BCUT2D eigenvalue weighted by atomic mass is 10.0. The van der Waals surface area contributed by atoms with Crippen LogP contribution in [0.1, 0.15) is 20.3 Å². The molecule has 0 radical (unpaired) electrons. The van der Waals surface area contributed by atoms with Crippen LogP contribution in [0.4, 0.5) is 5.82 Å². The Hall–Kier alpha value is -1.69. The third kappa shape index (κ3) is 2.36. The highest BCUT2D eigenvalue weighted by atomic mass is 16.3. The summed E-state index contributed by atoms with van der Waals surface area (Å²) in [6.07, 6.45) is 3.90. The molecule has 0 bridgehead atoms. The number of hydrogen-bond donors (Lipinski definition) is 2. The van der Waals surface area contributed by atoms with Crippen LogP contribution in [0.2, 0.25) is 0 Å². The standard InChI is InChI=1S/C11H17N5O/c1-4-11(2,17)6-12-9-8-5-15-16(3)10(8)14-7-13-9/h5,7,17H,4,6H2,1-3H3,(H,12,13,14). The first kappa shape index (κ1) is 11.8. The Morgan fingerprint density at radius 1 is 1.47 bits per heavy atom. The molecule has 0 fully saturated rings. The predicted molar refractivity (Wildman–Crippen MR) is 65.7 cm³/mol. The lowest BCUT2D eigenvalue weighted by Crippen LogP contribution is -2.32. The van der Waals surface area contributed by atoms with Gasteiger partial charge in [-0.3, -0.25) is 4.68 Å². The summed E-state index contributed by atoms with van der Waals surface area (Å²) in [5.74, 6) is 0.705. The fraction of sp³-hybridized carbons (Fsp3) is 0.545. The smallest absolute Gasteiger partial charge is 0.163 e. The second-order valence-corrected chi connectivity index (χ2v) is 4.43. The number of nitrogens with zero attached hydrogens (tertiary/aromatic N) is 4. The molecule has 0 amide bonds. The first-order chi connectivity index (χ1) is 8.03. The van der Waals surface area contributed by atoms with Crippen LogP contribution in [0.15, 0.2) is 12.5 Å². The number of hydrogen-bond acceptors (Lipinski definition) is 5. The molecule has 2 aromatic rings. The van der Waals surface area contributed by atoms with Crippen molar-refractivity contribution in [2.45, 2.75) is 25.9 Å². The number of fused-ring (bicyclic) bond motifs is 1. The average molecular weight is 235 g/mol. The molecule has 2 N–H and O–H groups in total. The molecule has 0 aliphatic rings. The SMILES string of the molecule is CCC(C)(O)CNc1ncnc2c1cnn2C. The van der Waals surface area contributed by atoms with Crippen molar-refractivity contribution >= 4 is 16.9 Å². The van der Waals surface area contributed by atoms with Crippen molar-refractivity contribution in [3.8, 4) is 0 Å². The van der Waals surface area contributed by atoms with Crippen LogP contribution in [0.5, 0.6) is 0 Å². The molecule has 2 heterocycles. The molecular weight excluding hydrogens is 218 g/mol. The highest BCUT2D eigenvalue weighted by molar-refractivity contribution is 5.85. The minimum atomic E-state index is -0.737. The van der Waals surface area contributed by atoms with E-state index < -0.39 is 5.60 Å². The molecule has 0 saturated carbocycles. The molecule has 1 unspecified atom stereocenters. The van der Waals surface area contributed by atoms with Crippen LogP contribution >= 0.6 is 0 Å². The van der Waals surface area contributed by atoms with Gasteiger partial charge >= 0.3 is 0 Å². The number of aromatic nitrogens is 4. The number of rotatable bonds is 4. The molecule has 1 atom stereocenters. The lowest BCUT2D eigenvalue weighted by molar-refractivity contribution is 0.0697. The fourth-order valence-electron chi connectivity index (χ4n) is 1.50. The molecule has 0 saturated heterocycles. The van der Waals surface area contributed by atoms with Crippen molar-refractivity contribution in [1.82, 2.24) is 19.7 Å². The van der Waals surface area contributed by atoms with E-state index in [0.29, 0.717) is 18.8 Å². The van der Waals surface area contributed by atoms with Gasteiger partial charge in [0.15, 0.2) is 5.65 Å². The minimum Gasteiger partial charge on any atom is -0.388 e. The van der Waals surface area contributed by atoms with Gasteiger partial charge in [0.1, 0.15) is 12.1 Å². The fourth-order valence-corrected chi connectivity index (χ4v) is 1.50. The van der Waals surface area contributed by atoms with Crippen LogP contribution in [0, 0.1) is 0 Å². The van der Waals surface area contributed by atoms with Gasteiger partial charge in [-0.2, -0.15) is 5.10 Å². The lowest BCUT2D eigenvalue weighted by Gasteiger charge is -2.21. The van der Waals surface area contributed by atoms with Crippen LogP contribution < -0.4 is 5.32 Å². The van der Waals surface area contributed by atoms with Gasteiger partial charge in [-0.25, -0.2) is 9.97 Å². The molecule has 6 heteroatoms. The zero-order chi connectivity index (χ0) is 12.5. The van der Waals surface area contributed by atoms with Gasteiger partial charge in [0.05, 0.1) is 17.2 Å². The molecule has 0 aromatic carbocycles. The summed E-state index contributed by atoms with van der Waals surface area (Å²) in [6.45, 7) is 4.19. The molecule has 17 heavy (non-hydrogen) atoms. The van der Waals surface area contributed by atoms with E-state index in [0.717, 1.165) is 11.0 Å². The van der Waals surface area contributed by atoms with Gasteiger partial charge in [-0.15, -0.1) is 0 Å². The van der Waals surface area contributed by atoms with Gasteiger partial charge < -0.3 is 10.4 Å². The highest BCUT2D eigenvalue weighted by Gasteiger charge is 2.18. The first-order valence-corrected chi connectivity index (χ1v) is 5.62. The summed E-state index contributed by atoms with van der Waals surface area (Å²) in [7, 11) is 1.83. The highest BCUT2D eigenvalue weighted by Crippen LogP contribution is 2.19. The molecule has 2 aromatic heterocycles. The maximum Gasteiger partial charge on any atom is 0.163 e. The second-order valence-electron chi connectivity index (χ2n) is 4.43. The number of nitrogens with one attached hydrogen (secondary N) is 1. The minimum absolute atomic E-state index is 0.449. The Bertz CT molecular complexity index is 520. The summed E-state index contributed by atoms with van der Waals surface area (Å²) < 4.78 is 1.69. The van der Waals surface area contributed by atoms with E-state index in [-0.39, 0.29) is 0 Å². The molecule has 0 aliphatic heterocycles. The Kier molecular flexibility index (Phi) is 2.97. The van der Waals surface area contributed by atoms with Crippen LogP contribution in [-0.2, 0) is 7.05 Å². The van der Waals surface area contributed by atoms with Crippen molar-refractivity contribution < 1.29 is 5.11 Å². The number of aliphatic hydroxyl groups is 1. The Labute approximate surface area is 99.7 Å². The average Bonchev–Trinajstić information content (AvgIpc) is 2.70. The van der Waals surface area contributed by atoms with Crippen molar-refractivity contribution in [2.24, 2.45) is 7.05 Å². The van der Waals surface area contributed by atoms with E-state index in [1.807, 2.05) is 14.0 Å². The molecule has 2 rings (SSSR count). The third-order valence-corrected chi connectivity index (χ3v) is 2.93. The largest absolute Gasteiger partial charge is 0.388 e. The molecular formula is C11H17N5O. The molecule has 6 nitrogen and oxygen atoms in total. The van der Waals surface area contributed by atoms with Gasteiger partial charge in [0.2, 0.25) is 0 Å². The third-order valence-electron chi connectivity index (χ3n) is 2.93. The summed E-state index contributed by atoms with van der Waals surface area (Å²) in [6, 6.07) is 0. The summed E-state index contributed by atoms with van der Waals surface area (Å²) in [5, 5.41) is 18.1. The second kappa shape index (κ2) is 4.29. The Morgan fingerprint density at radius 2 is 2.24 bits per heavy atom. The molecule has 0 spiro atoms. The van der Waals surface area contributed by atoms with Crippen molar-refractivity contribution in [2.75, 3.05) is 11.9 Å². The maximum absolute atomic E-state index is 9.94. The monoisotopic (exact) mass is 235 g/mol. The van der Waals surface area contributed by atoms with Gasteiger partial charge in [0, 0.05) is 13.6 Å². The molecule has 0 aliphatic carbocycles. The van der Waals surface area contributed by atoms with Crippen molar-refractivity contribution in [3.63, 3.8) is 0 Å². The van der Waals surface area contributed by atoms with Gasteiger partial charge in [0.25, 0.3) is 0 Å². The van der Waals surface area contributed by atoms with E-state index in [4.69, 9.17) is 0 Å². The number of anilines is 1. The van der Waals surface area contributed by atoms with Crippen LogP contribution in [-0.4, -0.2) is 37.0 Å². The zero-order valence-corrected chi connectivity index (χ0v) is 10.3. The summed E-state index contributed by atoms with van der Waals surface area (Å²) in [5.41, 5.74) is 0.0399. The maximum atomic E-state index is 9.94. The quantitative estimate of drug-likeness (QED) is 0.824. The van der Waals surface area contributed by atoms with E-state index >= 15 is 0 Å². The number of aryl methyl sites for hydroxylation is 1. The summed E-state index contributed by atoms with van der Waals surface area (Å²) >= 11 is 0. The normalized spacial score (nSPS) is 14.8. The van der Waals surface area contributed by atoms with Crippen LogP contribution in [0.25, 0.3) is 11.0 Å². The Morgan fingerprint density at radius 3 is 2.94 bits per heavy atom. The molecule has 92 valence electrons. The van der Waals surface area contributed by atoms with E-state index in [2.05, 4.69) is 20.4 Å². The van der Waals surface area contributed by atoms with E-state index in [9.17, 15) is 5.11 Å². The van der Waals surface area contributed by atoms with Crippen LogP contribution in [0.3, 0.4) is 0 Å². The van der Waals surface area contributed by atoms with Crippen molar-refractivity contribution in [1.29, 1.82) is 0 Å². The topological polar surface area (TPSA) is 75.9 Å². The van der Waals surface area contributed by atoms with Gasteiger partial charge in [-0.05, 0) is 13.3 Å². The first-order valence-electron chi connectivity index (χ1n) is 5.62. The van der Waals surface area contributed by atoms with E-state index in [1.54, 1.807) is 17.8 Å². The Balaban J connectivity index is 2.25.